The van der Waals surface area contributed by atoms with Gasteiger partial charge in [-0.2, -0.15) is 0 Å². The zero-order chi connectivity index (χ0) is 15.3. The van der Waals surface area contributed by atoms with Crippen molar-refractivity contribution in [2.45, 2.75) is 104 Å². The summed E-state index contributed by atoms with van der Waals surface area (Å²) in [5.74, 6) is 1.55. The summed E-state index contributed by atoms with van der Waals surface area (Å²) in [6.07, 6.45) is 19.5. The fourth-order valence-corrected chi connectivity index (χ4v) is 3.09. The maximum Gasteiger partial charge on any atom is 0.256 e. The average Bonchev–Trinajstić information content (AvgIpc) is 2.85. The molecule has 21 heavy (non-hydrogen) atoms. The second-order valence-electron chi connectivity index (χ2n) is 6.33. The lowest BCUT2D eigenvalue weighted by molar-refractivity contribution is -0.703. The lowest BCUT2D eigenvalue weighted by atomic mass is 10.1. The number of aromatic nitrogens is 2. The van der Waals surface area contributed by atoms with Gasteiger partial charge in [-0.25, -0.2) is 9.13 Å². The Morgan fingerprint density at radius 3 is 2.10 bits per heavy atom. The molecule has 0 saturated heterocycles. The van der Waals surface area contributed by atoms with Crippen molar-refractivity contribution in [3.05, 3.63) is 18.2 Å². The molecule has 2 heteroatoms. The van der Waals surface area contributed by atoms with Crippen LogP contribution in [-0.4, -0.2) is 4.57 Å². The van der Waals surface area contributed by atoms with E-state index in [9.17, 15) is 0 Å². The Morgan fingerprint density at radius 2 is 1.48 bits per heavy atom. The summed E-state index contributed by atoms with van der Waals surface area (Å²) in [5, 5.41) is 0. The Balaban J connectivity index is 2.27. The highest BCUT2D eigenvalue weighted by Crippen LogP contribution is 2.10. The molecule has 0 atom stereocenters. The van der Waals surface area contributed by atoms with Crippen LogP contribution in [0.4, 0.5) is 0 Å². The number of hydrogen-bond acceptors (Lipinski definition) is 0. The molecule has 2 nitrogen and oxygen atoms in total. The van der Waals surface area contributed by atoms with E-state index in [1.54, 1.807) is 5.82 Å². The molecule has 0 aliphatic heterocycles. The molecule has 1 aromatic heterocycles. The van der Waals surface area contributed by atoms with Crippen LogP contribution in [0.25, 0.3) is 0 Å². The van der Waals surface area contributed by atoms with Gasteiger partial charge in [-0.05, 0) is 19.3 Å². The van der Waals surface area contributed by atoms with Crippen LogP contribution in [-0.2, 0) is 19.5 Å². The zero-order valence-corrected chi connectivity index (χ0v) is 14.7. The minimum absolute atomic E-state index is 1.17. The maximum absolute atomic E-state index is 2.47. The molecule has 0 N–H and O–H groups in total. The van der Waals surface area contributed by atoms with Crippen LogP contribution in [0.2, 0.25) is 0 Å². The van der Waals surface area contributed by atoms with E-state index in [1.165, 1.54) is 83.7 Å². The van der Waals surface area contributed by atoms with Crippen LogP contribution in [0, 0.1) is 0 Å². The lowest BCUT2D eigenvalue weighted by Crippen LogP contribution is -2.37. The van der Waals surface area contributed by atoms with Crippen LogP contribution in [0.5, 0.6) is 0 Å². The highest BCUT2D eigenvalue weighted by atomic mass is 15.1. The van der Waals surface area contributed by atoms with Gasteiger partial charge in [0.1, 0.15) is 12.4 Å². The quantitative estimate of drug-likeness (QED) is 0.346. The molecule has 0 aliphatic rings. The number of rotatable bonds is 13. The third-order valence-electron chi connectivity index (χ3n) is 4.27. The fourth-order valence-electron chi connectivity index (χ4n) is 3.09. The van der Waals surface area contributed by atoms with E-state index in [-0.39, 0.29) is 0 Å². The molecule has 0 bridgehead atoms. The Bertz CT molecular complexity index is 331. The van der Waals surface area contributed by atoms with Gasteiger partial charge in [0.15, 0.2) is 0 Å². The summed E-state index contributed by atoms with van der Waals surface area (Å²) >= 11 is 0. The summed E-state index contributed by atoms with van der Waals surface area (Å²) in [4.78, 5) is 0. The molecule has 1 aromatic rings. The van der Waals surface area contributed by atoms with Crippen molar-refractivity contribution in [2.75, 3.05) is 0 Å². The van der Waals surface area contributed by atoms with Crippen LogP contribution >= 0.6 is 0 Å². The molecule has 0 aromatic carbocycles. The number of imidazole rings is 1. The Morgan fingerprint density at radius 1 is 0.810 bits per heavy atom. The topological polar surface area (TPSA) is 8.81 Å². The molecule has 0 radical (unpaired) electrons. The summed E-state index contributed by atoms with van der Waals surface area (Å²) in [5.41, 5.74) is 0. The van der Waals surface area contributed by atoms with Crippen molar-refractivity contribution in [1.29, 1.82) is 0 Å². The SMILES string of the molecule is CCCCCCCCCCc1n(CCC)cc[n+]1CCC. The van der Waals surface area contributed by atoms with Gasteiger partial charge in [-0.15, -0.1) is 0 Å². The predicted octanol–water partition coefficient (Wildman–Crippen LogP) is 5.28. The van der Waals surface area contributed by atoms with Gasteiger partial charge in [0.25, 0.3) is 5.82 Å². The highest BCUT2D eigenvalue weighted by molar-refractivity contribution is 4.84. The Hall–Kier alpha value is -0.790. The number of hydrogen-bond donors (Lipinski definition) is 0. The molecule has 122 valence electrons. The first-order valence-corrected chi connectivity index (χ1v) is 9.40. The predicted molar refractivity (Wildman–Crippen MR) is 91.5 cm³/mol. The van der Waals surface area contributed by atoms with Crippen LogP contribution in [0.15, 0.2) is 12.4 Å². The summed E-state index contributed by atoms with van der Waals surface area (Å²) in [7, 11) is 0. The van der Waals surface area contributed by atoms with Gasteiger partial charge in [0.2, 0.25) is 0 Å². The van der Waals surface area contributed by atoms with E-state index in [2.05, 4.69) is 42.3 Å². The zero-order valence-electron chi connectivity index (χ0n) is 14.7. The van der Waals surface area contributed by atoms with Crippen molar-refractivity contribution in [2.24, 2.45) is 0 Å². The third kappa shape index (κ3) is 7.15. The maximum atomic E-state index is 2.47. The third-order valence-corrected chi connectivity index (χ3v) is 4.27. The smallest absolute Gasteiger partial charge is 0.234 e. The standard InChI is InChI=1S/C19H37N2/c1-4-7-8-9-10-11-12-13-14-19-20(15-5-2)17-18-21(19)16-6-3/h17-18H,4-16H2,1-3H3/q+1. The first-order chi connectivity index (χ1) is 10.3. The second kappa shape index (κ2) is 11.8. The van der Waals surface area contributed by atoms with Crippen LogP contribution in [0.1, 0.15) is 90.8 Å². The normalized spacial score (nSPS) is 11.2. The van der Waals surface area contributed by atoms with Crippen LogP contribution < -0.4 is 4.57 Å². The largest absolute Gasteiger partial charge is 0.256 e. The summed E-state index contributed by atoms with van der Waals surface area (Å²) in [6.45, 7) is 9.16. The van der Waals surface area contributed by atoms with Crippen molar-refractivity contribution in [3.63, 3.8) is 0 Å². The van der Waals surface area contributed by atoms with Gasteiger partial charge < -0.3 is 0 Å². The highest BCUT2D eigenvalue weighted by Gasteiger charge is 2.15. The fraction of sp³-hybridized carbons (Fsp3) is 0.842. The van der Waals surface area contributed by atoms with Gasteiger partial charge in [-0.1, -0.05) is 65.7 Å². The van der Waals surface area contributed by atoms with Gasteiger partial charge in [-0.3, -0.25) is 0 Å². The van der Waals surface area contributed by atoms with E-state index in [0.29, 0.717) is 0 Å². The minimum Gasteiger partial charge on any atom is -0.234 e. The van der Waals surface area contributed by atoms with Crippen molar-refractivity contribution in [3.8, 4) is 0 Å². The molecule has 0 saturated carbocycles. The Labute approximate surface area is 132 Å². The van der Waals surface area contributed by atoms with Crippen molar-refractivity contribution < 1.29 is 4.57 Å². The Kier molecular flexibility index (Phi) is 10.3. The van der Waals surface area contributed by atoms with E-state index in [4.69, 9.17) is 0 Å². The number of nitrogens with zero attached hydrogens (tertiary/aromatic N) is 2. The summed E-state index contributed by atoms with van der Waals surface area (Å²) in [6, 6.07) is 0. The second-order valence-corrected chi connectivity index (χ2v) is 6.33. The van der Waals surface area contributed by atoms with Gasteiger partial charge in [0.05, 0.1) is 13.1 Å². The van der Waals surface area contributed by atoms with Crippen molar-refractivity contribution in [1.82, 2.24) is 4.57 Å². The number of aryl methyl sites for hydroxylation is 2. The first kappa shape index (κ1) is 18.3. The van der Waals surface area contributed by atoms with Gasteiger partial charge >= 0.3 is 0 Å². The summed E-state index contributed by atoms with van der Waals surface area (Å²) < 4.78 is 4.94. The van der Waals surface area contributed by atoms with E-state index >= 15 is 0 Å². The monoisotopic (exact) mass is 293 g/mol. The lowest BCUT2D eigenvalue weighted by Gasteiger charge is -2.05. The van der Waals surface area contributed by atoms with Gasteiger partial charge in [0, 0.05) is 6.42 Å². The number of unbranched alkanes of at least 4 members (excludes halogenated alkanes) is 7. The molecule has 0 unspecified atom stereocenters. The molecule has 0 aliphatic carbocycles. The molecular formula is C19H37N2+. The molecule has 1 rings (SSSR count). The molecule has 0 spiro atoms. The van der Waals surface area contributed by atoms with E-state index in [0.717, 1.165) is 0 Å². The molecular weight excluding hydrogens is 256 g/mol. The average molecular weight is 294 g/mol. The van der Waals surface area contributed by atoms with E-state index in [1.807, 2.05) is 0 Å². The van der Waals surface area contributed by atoms with Crippen molar-refractivity contribution >= 4 is 0 Å². The molecule has 1 heterocycles. The van der Waals surface area contributed by atoms with Crippen LogP contribution in [0.3, 0.4) is 0 Å². The first-order valence-electron chi connectivity index (χ1n) is 9.40. The van der Waals surface area contributed by atoms with E-state index < -0.39 is 0 Å². The minimum atomic E-state index is 1.17. The molecule has 0 fully saturated rings. The molecule has 0 amide bonds.